The monoisotopic (exact) mass is 333 g/mol. The first-order valence-electron chi connectivity index (χ1n) is 9.12. The summed E-state index contributed by atoms with van der Waals surface area (Å²) in [6.45, 7) is 4.58. The number of amides is 1. The second-order valence-corrected chi connectivity index (χ2v) is 7.12. The number of aliphatic carboxylic acids is 1. The smallest absolute Gasteiger partial charge is 0.306 e. The number of carbonyl (C=O) groups excluding carboxylic acids is 1. The van der Waals surface area contributed by atoms with Gasteiger partial charge in [-0.3, -0.25) is 14.3 Å². The van der Waals surface area contributed by atoms with Crippen LogP contribution in [-0.2, 0) is 16.1 Å². The molecular weight excluding hydrogens is 306 g/mol. The largest absolute Gasteiger partial charge is 0.481 e. The van der Waals surface area contributed by atoms with Crippen molar-refractivity contribution < 1.29 is 14.7 Å². The molecule has 0 aromatic carbocycles. The zero-order valence-electron chi connectivity index (χ0n) is 14.4. The Balaban J connectivity index is 1.49. The van der Waals surface area contributed by atoms with E-state index in [2.05, 4.69) is 18.2 Å². The fourth-order valence-electron chi connectivity index (χ4n) is 4.04. The van der Waals surface area contributed by atoms with Crippen molar-refractivity contribution in [3.05, 3.63) is 18.0 Å². The third kappa shape index (κ3) is 3.62. The van der Waals surface area contributed by atoms with Gasteiger partial charge in [0.15, 0.2) is 0 Å². The Morgan fingerprint density at radius 3 is 2.29 bits per heavy atom. The number of nitrogens with zero attached hydrogens (tertiary/aromatic N) is 3. The Labute approximate surface area is 142 Å². The van der Waals surface area contributed by atoms with Crippen molar-refractivity contribution in [1.29, 1.82) is 0 Å². The molecule has 2 heterocycles. The van der Waals surface area contributed by atoms with Crippen LogP contribution in [0.1, 0.15) is 56.9 Å². The van der Waals surface area contributed by atoms with Gasteiger partial charge in [-0.15, -0.1) is 0 Å². The van der Waals surface area contributed by atoms with E-state index in [0.717, 1.165) is 45.3 Å². The zero-order chi connectivity index (χ0) is 17.1. The van der Waals surface area contributed by atoms with Crippen LogP contribution in [0.4, 0.5) is 0 Å². The molecule has 1 aliphatic heterocycles. The number of piperidine rings is 1. The molecule has 0 bridgehead atoms. The standard InChI is InChI=1S/C18H27N3O3/c1-2-21-12-16(11-19-21)13-7-9-20(10-8-13)17(22)14-3-5-15(6-4-14)18(23)24/h11-15H,2-10H2,1H3,(H,23,24). The second kappa shape index (κ2) is 7.36. The topological polar surface area (TPSA) is 75.4 Å². The van der Waals surface area contributed by atoms with Crippen LogP contribution < -0.4 is 0 Å². The van der Waals surface area contributed by atoms with E-state index in [4.69, 9.17) is 5.11 Å². The van der Waals surface area contributed by atoms with Gasteiger partial charge in [-0.1, -0.05) is 0 Å². The van der Waals surface area contributed by atoms with Crippen LogP contribution in [0.25, 0.3) is 0 Å². The summed E-state index contributed by atoms with van der Waals surface area (Å²) in [7, 11) is 0. The van der Waals surface area contributed by atoms with Crippen LogP contribution in [0.5, 0.6) is 0 Å². The fourth-order valence-corrected chi connectivity index (χ4v) is 4.04. The van der Waals surface area contributed by atoms with Gasteiger partial charge in [-0.05, 0) is 56.9 Å². The van der Waals surface area contributed by atoms with Gasteiger partial charge in [-0.25, -0.2) is 0 Å². The molecule has 2 aliphatic rings. The van der Waals surface area contributed by atoms with Crippen LogP contribution in [0.2, 0.25) is 0 Å². The molecule has 0 unspecified atom stereocenters. The molecule has 1 saturated heterocycles. The van der Waals surface area contributed by atoms with Gasteiger partial charge < -0.3 is 10.0 Å². The molecule has 6 heteroatoms. The predicted molar refractivity (Wildman–Crippen MR) is 89.5 cm³/mol. The summed E-state index contributed by atoms with van der Waals surface area (Å²) in [5, 5.41) is 13.4. The van der Waals surface area contributed by atoms with E-state index in [1.165, 1.54) is 5.56 Å². The van der Waals surface area contributed by atoms with E-state index in [-0.39, 0.29) is 17.7 Å². The molecule has 24 heavy (non-hydrogen) atoms. The molecule has 1 aromatic heterocycles. The Bertz CT molecular complexity index is 582. The average molecular weight is 333 g/mol. The number of carboxylic acid groups (broad SMARTS) is 1. The van der Waals surface area contributed by atoms with Crippen LogP contribution in [-0.4, -0.2) is 44.8 Å². The molecule has 0 radical (unpaired) electrons. The van der Waals surface area contributed by atoms with Crippen molar-refractivity contribution in [3.63, 3.8) is 0 Å². The van der Waals surface area contributed by atoms with Gasteiger partial charge in [0, 0.05) is 31.7 Å². The molecule has 0 spiro atoms. The molecule has 6 nitrogen and oxygen atoms in total. The molecular formula is C18H27N3O3. The van der Waals surface area contributed by atoms with Gasteiger partial charge in [0.25, 0.3) is 0 Å². The van der Waals surface area contributed by atoms with E-state index in [0.29, 0.717) is 18.8 Å². The highest BCUT2D eigenvalue weighted by Gasteiger charge is 2.33. The molecule has 1 aromatic rings. The summed E-state index contributed by atoms with van der Waals surface area (Å²) in [5.74, 6) is -0.206. The number of hydrogen-bond acceptors (Lipinski definition) is 3. The van der Waals surface area contributed by atoms with E-state index in [1.807, 2.05) is 15.8 Å². The fraction of sp³-hybridized carbons (Fsp3) is 0.722. The number of rotatable bonds is 4. The van der Waals surface area contributed by atoms with E-state index < -0.39 is 5.97 Å². The zero-order valence-corrected chi connectivity index (χ0v) is 14.4. The lowest BCUT2D eigenvalue weighted by atomic mass is 9.81. The first-order valence-corrected chi connectivity index (χ1v) is 9.12. The van der Waals surface area contributed by atoms with Gasteiger partial charge in [0.1, 0.15) is 0 Å². The van der Waals surface area contributed by atoms with Gasteiger partial charge >= 0.3 is 5.97 Å². The van der Waals surface area contributed by atoms with E-state index in [9.17, 15) is 9.59 Å². The summed E-state index contributed by atoms with van der Waals surface area (Å²) in [4.78, 5) is 25.7. The van der Waals surface area contributed by atoms with Gasteiger partial charge in [0.2, 0.25) is 5.91 Å². The highest BCUT2D eigenvalue weighted by molar-refractivity contribution is 5.79. The second-order valence-electron chi connectivity index (χ2n) is 7.12. The summed E-state index contributed by atoms with van der Waals surface area (Å²) < 4.78 is 1.95. The van der Waals surface area contributed by atoms with Gasteiger partial charge in [0.05, 0.1) is 12.1 Å². The van der Waals surface area contributed by atoms with Crippen LogP contribution in [0.15, 0.2) is 12.4 Å². The van der Waals surface area contributed by atoms with Crippen molar-refractivity contribution in [1.82, 2.24) is 14.7 Å². The summed E-state index contributed by atoms with van der Waals surface area (Å²) in [6, 6.07) is 0. The molecule has 132 valence electrons. The lowest BCUT2D eigenvalue weighted by Crippen LogP contribution is -2.42. The number of aryl methyl sites for hydroxylation is 1. The number of carbonyl (C=O) groups is 2. The van der Waals surface area contributed by atoms with Crippen molar-refractivity contribution in [2.24, 2.45) is 11.8 Å². The minimum absolute atomic E-state index is 0.0278. The van der Waals surface area contributed by atoms with Crippen molar-refractivity contribution >= 4 is 11.9 Å². The Morgan fingerprint density at radius 2 is 1.75 bits per heavy atom. The minimum Gasteiger partial charge on any atom is -0.481 e. The van der Waals surface area contributed by atoms with Crippen molar-refractivity contribution in [2.75, 3.05) is 13.1 Å². The molecule has 3 rings (SSSR count). The molecule has 1 amide bonds. The number of carboxylic acids is 1. The number of likely N-dealkylation sites (tertiary alicyclic amines) is 1. The first kappa shape index (κ1) is 17.0. The number of hydrogen-bond donors (Lipinski definition) is 1. The average Bonchev–Trinajstić information content (AvgIpc) is 3.10. The quantitative estimate of drug-likeness (QED) is 0.918. The Hall–Kier alpha value is -1.85. The maximum atomic E-state index is 12.7. The highest BCUT2D eigenvalue weighted by Crippen LogP contribution is 2.33. The molecule has 0 atom stereocenters. The number of aromatic nitrogens is 2. The maximum absolute atomic E-state index is 12.7. The summed E-state index contributed by atoms with van der Waals surface area (Å²) >= 11 is 0. The summed E-state index contributed by atoms with van der Waals surface area (Å²) in [6.07, 6.45) is 8.78. The van der Waals surface area contributed by atoms with E-state index >= 15 is 0 Å². The Kier molecular flexibility index (Phi) is 5.21. The normalized spacial score (nSPS) is 25.6. The molecule has 1 aliphatic carbocycles. The van der Waals surface area contributed by atoms with Gasteiger partial charge in [-0.2, -0.15) is 5.10 Å². The van der Waals surface area contributed by atoms with Crippen molar-refractivity contribution in [2.45, 2.75) is 57.9 Å². The van der Waals surface area contributed by atoms with Crippen LogP contribution in [0, 0.1) is 11.8 Å². The Morgan fingerprint density at radius 1 is 1.12 bits per heavy atom. The summed E-state index contributed by atoms with van der Waals surface area (Å²) in [5.41, 5.74) is 1.28. The third-order valence-corrected chi connectivity index (χ3v) is 5.68. The molecule has 2 fully saturated rings. The lowest BCUT2D eigenvalue weighted by Gasteiger charge is -2.35. The first-order chi connectivity index (χ1) is 11.6. The van der Waals surface area contributed by atoms with Crippen LogP contribution in [0.3, 0.4) is 0 Å². The maximum Gasteiger partial charge on any atom is 0.306 e. The van der Waals surface area contributed by atoms with Crippen LogP contribution >= 0.6 is 0 Å². The predicted octanol–water partition coefficient (Wildman–Crippen LogP) is 2.50. The minimum atomic E-state index is -0.714. The highest BCUT2D eigenvalue weighted by atomic mass is 16.4. The SMILES string of the molecule is CCn1cc(C2CCN(C(=O)C3CCC(C(=O)O)CC3)CC2)cn1. The molecule has 1 N–H and O–H groups in total. The molecule has 1 saturated carbocycles. The third-order valence-electron chi connectivity index (χ3n) is 5.68. The lowest BCUT2D eigenvalue weighted by molar-refractivity contribution is -0.146. The van der Waals surface area contributed by atoms with E-state index in [1.54, 1.807) is 0 Å². The van der Waals surface area contributed by atoms with Crippen molar-refractivity contribution in [3.8, 4) is 0 Å².